The van der Waals surface area contributed by atoms with E-state index in [1.165, 1.54) is 0 Å². The van der Waals surface area contributed by atoms with Crippen LogP contribution in [-0.2, 0) is 23.7 Å². The number of hydrogen-bond acceptors (Lipinski definition) is 6. The Morgan fingerprint density at radius 1 is 0.824 bits per heavy atom. The van der Waals surface area contributed by atoms with Gasteiger partial charge in [-0.3, -0.25) is 0 Å². The average Bonchev–Trinajstić information content (AvgIpc) is 2.30. The first-order valence-electron chi connectivity index (χ1n) is 5.50. The third-order valence-electron chi connectivity index (χ3n) is 1.60. The minimum atomic E-state index is -0.981. The Morgan fingerprint density at radius 2 is 1.24 bits per heavy atom. The van der Waals surface area contributed by atoms with E-state index in [4.69, 9.17) is 29.8 Å². The van der Waals surface area contributed by atoms with Crippen molar-refractivity contribution in [3.63, 3.8) is 0 Å². The lowest BCUT2D eigenvalue weighted by molar-refractivity contribution is -0.142. The molecule has 0 unspecified atom stereocenters. The normalized spacial score (nSPS) is 10.6. The highest BCUT2D eigenvalue weighted by Gasteiger charge is 1.95. The fraction of sp³-hybridized carbons (Fsp3) is 0.900. The molecule has 0 aliphatic heterocycles. The number of ether oxygens (including phenoxy) is 4. The fourth-order valence-electron chi connectivity index (χ4n) is 0.903. The summed E-state index contributed by atoms with van der Waals surface area (Å²) < 4.78 is 20.2. The minimum Gasteiger partial charge on any atom is -0.480 e. The molecule has 0 atom stereocenters. The summed E-state index contributed by atoms with van der Waals surface area (Å²) >= 11 is 0. The summed E-state index contributed by atoms with van der Waals surface area (Å²) in [7, 11) is 0. The van der Waals surface area contributed by atoms with Gasteiger partial charge < -0.3 is 29.8 Å². The first-order valence-corrected chi connectivity index (χ1v) is 5.50. The van der Waals surface area contributed by atoms with Gasteiger partial charge in [-0.05, 0) is 0 Å². The molecule has 7 nitrogen and oxygen atoms in total. The van der Waals surface area contributed by atoms with Crippen LogP contribution < -0.4 is 5.73 Å². The first kappa shape index (κ1) is 16.3. The highest BCUT2D eigenvalue weighted by Crippen LogP contribution is 1.82. The molecule has 0 aliphatic carbocycles. The van der Waals surface area contributed by atoms with Gasteiger partial charge in [0.2, 0.25) is 0 Å². The molecule has 3 N–H and O–H groups in total. The SMILES string of the molecule is NCCOCCOCCOCCOCC(=O)O. The van der Waals surface area contributed by atoms with Gasteiger partial charge in [0.1, 0.15) is 6.61 Å². The van der Waals surface area contributed by atoms with Crippen LogP contribution in [0.1, 0.15) is 0 Å². The molecular formula is C10H21NO6. The maximum absolute atomic E-state index is 10.1. The van der Waals surface area contributed by atoms with E-state index in [1.54, 1.807) is 0 Å². The molecule has 0 rings (SSSR count). The number of hydrogen-bond donors (Lipinski definition) is 2. The summed E-state index contributed by atoms with van der Waals surface area (Å²) in [6, 6.07) is 0. The molecular weight excluding hydrogens is 230 g/mol. The summed E-state index contributed by atoms with van der Waals surface area (Å²) in [5.74, 6) is -0.981. The summed E-state index contributed by atoms with van der Waals surface area (Å²) in [6.45, 7) is 3.36. The molecule has 17 heavy (non-hydrogen) atoms. The summed E-state index contributed by atoms with van der Waals surface area (Å²) in [6.07, 6.45) is 0. The van der Waals surface area contributed by atoms with Crippen LogP contribution in [0.25, 0.3) is 0 Å². The lowest BCUT2D eigenvalue weighted by Crippen LogP contribution is -2.15. The number of nitrogens with two attached hydrogens (primary N) is 1. The Kier molecular flexibility index (Phi) is 12.8. The van der Waals surface area contributed by atoms with Crippen LogP contribution in [0.2, 0.25) is 0 Å². The van der Waals surface area contributed by atoms with E-state index in [-0.39, 0.29) is 13.2 Å². The van der Waals surface area contributed by atoms with Gasteiger partial charge in [-0.2, -0.15) is 0 Å². The van der Waals surface area contributed by atoms with Gasteiger partial charge >= 0.3 is 5.97 Å². The van der Waals surface area contributed by atoms with Crippen LogP contribution >= 0.6 is 0 Å². The fourth-order valence-corrected chi connectivity index (χ4v) is 0.903. The topological polar surface area (TPSA) is 100 Å². The van der Waals surface area contributed by atoms with E-state index in [9.17, 15) is 4.79 Å². The molecule has 0 fully saturated rings. The molecule has 0 aliphatic rings. The van der Waals surface area contributed by atoms with Gasteiger partial charge in [0, 0.05) is 6.54 Å². The van der Waals surface area contributed by atoms with Crippen molar-refractivity contribution in [3.05, 3.63) is 0 Å². The van der Waals surface area contributed by atoms with E-state index in [2.05, 4.69) is 0 Å². The summed E-state index contributed by atoms with van der Waals surface area (Å²) in [4.78, 5) is 10.1. The summed E-state index contributed by atoms with van der Waals surface area (Å²) in [5, 5.41) is 8.27. The second kappa shape index (κ2) is 13.3. The maximum atomic E-state index is 10.1. The molecule has 0 aromatic rings. The van der Waals surface area contributed by atoms with Gasteiger partial charge in [0.15, 0.2) is 0 Å². The maximum Gasteiger partial charge on any atom is 0.329 e. The van der Waals surface area contributed by atoms with Gasteiger partial charge in [-0.1, -0.05) is 0 Å². The number of carboxylic acid groups (broad SMARTS) is 1. The molecule has 0 amide bonds. The standard InChI is InChI=1S/C10H21NO6/c11-1-2-14-3-4-15-5-6-16-7-8-17-9-10(12)13/h1-9,11H2,(H,12,13). The van der Waals surface area contributed by atoms with Crippen molar-refractivity contribution in [2.75, 3.05) is 59.4 Å². The predicted octanol–water partition coefficient (Wildman–Crippen LogP) is -0.904. The Bertz CT molecular complexity index is 178. The number of aliphatic carboxylic acids is 1. The van der Waals surface area contributed by atoms with Crippen molar-refractivity contribution < 1.29 is 28.8 Å². The van der Waals surface area contributed by atoms with Crippen LogP contribution in [0.5, 0.6) is 0 Å². The molecule has 7 heteroatoms. The van der Waals surface area contributed by atoms with E-state index < -0.39 is 5.97 Å². The molecule has 0 spiro atoms. The first-order chi connectivity index (χ1) is 8.27. The molecule has 0 bridgehead atoms. The van der Waals surface area contributed by atoms with Gasteiger partial charge in [-0.15, -0.1) is 0 Å². The third-order valence-corrected chi connectivity index (χ3v) is 1.60. The van der Waals surface area contributed by atoms with E-state index >= 15 is 0 Å². The monoisotopic (exact) mass is 251 g/mol. The lowest BCUT2D eigenvalue weighted by Gasteiger charge is -2.06. The van der Waals surface area contributed by atoms with Crippen molar-refractivity contribution in [1.29, 1.82) is 0 Å². The van der Waals surface area contributed by atoms with E-state index in [1.807, 2.05) is 0 Å². The molecule has 102 valence electrons. The Morgan fingerprint density at radius 3 is 1.65 bits per heavy atom. The van der Waals surface area contributed by atoms with Gasteiger partial charge in [0.05, 0.1) is 46.2 Å². The number of rotatable bonds is 13. The average molecular weight is 251 g/mol. The molecule has 0 aromatic heterocycles. The molecule has 0 saturated carbocycles. The van der Waals surface area contributed by atoms with Crippen LogP contribution in [0, 0.1) is 0 Å². The van der Waals surface area contributed by atoms with Crippen molar-refractivity contribution in [1.82, 2.24) is 0 Å². The molecule has 0 radical (unpaired) electrons. The van der Waals surface area contributed by atoms with Crippen molar-refractivity contribution >= 4 is 5.97 Å². The van der Waals surface area contributed by atoms with Crippen LogP contribution in [-0.4, -0.2) is 70.5 Å². The van der Waals surface area contributed by atoms with Gasteiger partial charge in [-0.25, -0.2) is 4.79 Å². The van der Waals surface area contributed by atoms with Crippen molar-refractivity contribution in [2.24, 2.45) is 5.73 Å². The van der Waals surface area contributed by atoms with Crippen molar-refractivity contribution in [3.8, 4) is 0 Å². The van der Waals surface area contributed by atoms with Crippen LogP contribution in [0.15, 0.2) is 0 Å². The lowest BCUT2D eigenvalue weighted by atomic mass is 10.7. The Labute approximate surface area is 101 Å². The van der Waals surface area contributed by atoms with Crippen LogP contribution in [0.3, 0.4) is 0 Å². The zero-order valence-electron chi connectivity index (χ0n) is 9.93. The smallest absolute Gasteiger partial charge is 0.329 e. The van der Waals surface area contributed by atoms with Gasteiger partial charge in [0.25, 0.3) is 0 Å². The predicted molar refractivity (Wildman–Crippen MR) is 60.0 cm³/mol. The second-order valence-corrected chi connectivity index (χ2v) is 3.07. The second-order valence-electron chi connectivity index (χ2n) is 3.07. The Balaban J connectivity index is 2.91. The van der Waals surface area contributed by atoms with Crippen LogP contribution in [0.4, 0.5) is 0 Å². The largest absolute Gasteiger partial charge is 0.480 e. The molecule has 0 aromatic carbocycles. The zero-order chi connectivity index (χ0) is 12.8. The Hall–Kier alpha value is -0.730. The number of carbonyl (C=O) groups is 1. The van der Waals surface area contributed by atoms with Crippen molar-refractivity contribution in [2.45, 2.75) is 0 Å². The third kappa shape index (κ3) is 15.3. The highest BCUT2D eigenvalue weighted by atomic mass is 16.6. The molecule has 0 heterocycles. The quantitative estimate of drug-likeness (QED) is 0.409. The zero-order valence-corrected chi connectivity index (χ0v) is 9.93. The van der Waals surface area contributed by atoms with E-state index in [0.717, 1.165) is 0 Å². The van der Waals surface area contributed by atoms with E-state index in [0.29, 0.717) is 46.2 Å². The number of carboxylic acids is 1. The molecule has 0 saturated heterocycles. The summed E-state index contributed by atoms with van der Waals surface area (Å²) in [5.41, 5.74) is 5.23. The highest BCUT2D eigenvalue weighted by molar-refractivity contribution is 5.67. The minimum absolute atomic E-state index is 0.270.